The third-order valence-corrected chi connectivity index (χ3v) is 2.57. The molecule has 1 unspecified atom stereocenters. The van der Waals surface area contributed by atoms with E-state index in [1.807, 2.05) is 17.9 Å². The van der Waals surface area contributed by atoms with Gasteiger partial charge in [-0.25, -0.2) is 0 Å². The summed E-state index contributed by atoms with van der Waals surface area (Å²) in [5, 5.41) is 7.63. The summed E-state index contributed by atoms with van der Waals surface area (Å²) in [5.41, 5.74) is 1.31. The SMILES string of the molecule is CCCCC(NC)c1cnn(CC)c1. The molecular formula is C11H21N3. The summed E-state index contributed by atoms with van der Waals surface area (Å²) in [6, 6.07) is 0.468. The van der Waals surface area contributed by atoms with Crippen LogP contribution in [-0.2, 0) is 6.54 Å². The van der Waals surface area contributed by atoms with E-state index in [0.29, 0.717) is 6.04 Å². The van der Waals surface area contributed by atoms with Crippen molar-refractivity contribution in [1.29, 1.82) is 0 Å². The number of rotatable bonds is 6. The molecule has 0 aliphatic rings. The summed E-state index contributed by atoms with van der Waals surface area (Å²) >= 11 is 0. The van der Waals surface area contributed by atoms with Crippen LogP contribution in [0.25, 0.3) is 0 Å². The molecule has 0 bridgehead atoms. The first-order chi connectivity index (χ1) is 6.81. The minimum atomic E-state index is 0.468. The molecule has 0 spiro atoms. The van der Waals surface area contributed by atoms with Crippen molar-refractivity contribution in [3.63, 3.8) is 0 Å². The molecule has 80 valence electrons. The Morgan fingerprint density at radius 1 is 1.50 bits per heavy atom. The summed E-state index contributed by atoms with van der Waals surface area (Å²) in [6.45, 7) is 5.28. The molecule has 1 N–H and O–H groups in total. The van der Waals surface area contributed by atoms with Crippen molar-refractivity contribution in [3.05, 3.63) is 18.0 Å². The van der Waals surface area contributed by atoms with E-state index in [2.05, 4.69) is 30.5 Å². The Morgan fingerprint density at radius 2 is 2.29 bits per heavy atom. The fraction of sp³-hybridized carbons (Fsp3) is 0.727. The number of unbranched alkanes of at least 4 members (excludes halogenated alkanes) is 1. The maximum Gasteiger partial charge on any atom is 0.0537 e. The average molecular weight is 195 g/mol. The van der Waals surface area contributed by atoms with Crippen LogP contribution in [0.2, 0.25) is 0 Å². The molecule has 3 nitrogen and oxygen atoms in total. The second-order valence-electron chi connectivity index (χ2n) is 3.61. The zero-order valence-corrected chi connectivity index (χ0v) is 9.45. The highest BCUT2D eigenvalue weighted by atomic mass is 15.3. The predicted molar refractivity (Wildman–Crippen MR) is 59.2 cm³/mol. The lowest BCUT2D eigenvalue weighted by Crippen LogP contribution is -2.15. The van der Waals surface area contributed by atoms with Crippen molar-refractivity contribution in [2.75, 3.05) is 7.05 Å². The monoisotopic (exact) mass is 195 g/mol. The third kappa shape index (κ3) is 2.84. The molecule has 3 heteroatoms. The summed E-state index contributed by atoms with van der Waals surface area (Å²) in [6.07, 6.45) is 7.82. The van der Waals surface area contributed by atoms with Gasteiger partial charge >= 0.3 is 0 Å². The smallest absolute Gasteiger partial charge is 0.0537 e. The van der Waals surface area contributed by atoms with Gasteiger partial charge in [-0.15, -0.1) is 0 Å². The molecule has 0 aromatic carbocycles. The van der Waals surface area contributed by atoms with Gasteiger partial charge < -0.3 is 5.32 Å². The Balaban J connectivity index is 2.58. The zero-order chi connectivity index (χ0) is 10.4. The van der Waals surface area contributed by atoms with Crippen molar-refractivity contribution >= 4 is 0 Å². The second kappa shape index (κ2) is 5.81. The van der Waals surface area contributed by atoms with E-state index in [9.17, 15) is 0 Å². The van der Waals surface area contributed by atoms with E-state index in [0.717, 1.165) is 6.54 Å². The quantitative estimate of drug-likeness (QED) is 0.755. The first kappa shape index (κ1) is 11.2. The van der Waals surface area contributed by atoms with Gasteiger partial charge in [-0.05, 0) is 20.4 Å². The van der Waals surface area contributed by atoms with E-state index in [4.69, 9.17) is 0 Å². The minimum Gasteiger partial charge on any atom is -0.313 e. The fourth-order valence-corrected chi connectivity index (χ4v) is 1.62. The van der Waals surface area contributed by atoms with Crippen LogP contribution in [0.15, 0.2) is 12.4 Å². The topological polar surface area (TPSA) is 29.9 Å². The van der Waals surface area contributed by atoms with E-state index in [-0.39, 0.29) is 0 Å². The van der Waals surface area contributed by atoms with Gasteiger partial charge in [-0.1, -0.05) is 19.8 Å². The number of aryl methyl sites for hydroxylation is 1. The van der Waals surface area contributed by atoms with Gasteiger partial charge in [0.15, 0.2) is 0 Å². The van der Waals surface area contributed by atoms with E-state index < -0.39 is 0 Å². The predicted octanol–water partition coefficient (Wildman–Crippen LogP) is 2.35. The number of nitrogens with zero attached hydrogens (tertiary/aromatic N) is 2. The Bertz CT molecular complexity index is 255. The fourth-order valence-electron chi connectivity index (χ4n) is 1.62. The highest BCUT2D eigenvalue weighted by molar-refractivity contribution is 5.09. The first-order valence-corrected chi connectivity index (χ1v) is 5.51. The van der Waals surface area contributed by atoms with Crippen LogP contribution in [0.1, 0.15) is 44.7 Å². The second-order valence-corrected chi connectivity index (χ2v) is 3.61. The summed E-state index contributed by atoms with van der Waals surface area (Å²) < 4.78 is 1.98. The molecule has 0 radical (unpaired) electrons. The molecule has 1 heterocycles. The lowest BCUT2D eigenvalue weighted by atomic mass is 10.1. The summed E-state index contributed by atoms with van der Waals surface area (Å²) in [5.74, 6) is 0. The average Bonchev–Trinajstić information content (AvgIpc) is 2.68. The Kier molecular flexibility index (Phi) is 4.66. The highest BCUT2D eigenvalue weighted by Crippen LogP contribution is 2.17. The van der Waals surface area contributed by atoms with Crippen LogP contribution in [-0.4, -0.2) is 16.8 Å². The van der Waals surface area contributed by atoms with Crippen molar-refractivity contribution in [2.24, 2.45) is 0 Å². The lowest BCUT2D eigenvalue weighted by molar-refractivity contribution is 0.522. The third-order valence-electron chi connectivity index (χ3n) is 2.57. The maximum absolute atomic E-state index is 4.29. The van der Waals surface area contributed by atoms with Crippen LogP contribution in [0.5, 0.6) is 0 Å². The van der Waals surface area contributed by atoms with Gasteiger partial charge in [-0.3, -0.25) is 4.68 Å². The van der Waals surface area contributed by atoms with Gasteiger partial charge in [0, 0.05) is 24.3 Å². The van der Waals surface area contributed by atoms with E-state index >= 15 is 0 Å². The first-order valence-electron chi connectivity index (χ1n) is 5.51. The van der Waals surface area contributed by atoms with Crippen LogP contribution in [0.3, 0.4) is 0 Å². The molecule has 1 rings (SSSR count). The van der Waals surface area contributed by atoms with E-state index in [1.54, 1.807) is 0 Å². The molecular weight excluding hydrogens is 174 g/mol. The van der Waals surface area contributed by atoms with Gasteiger partial charge in [0.1, 0.15) is 0 Å². The van der Waals surface area contributed by atoms with Gasteiger partial charge in [0.25, 0.3) is 0 Å². The molecule has 1 aromatic rings. The molecule has 1 aromatic heterocycles. The van der Waals surface area contributed by atoms with Crippen LogP contribution < -0.4 is 5.32 Å². The van der Waals surface area contributed by atoms with Crippen molar-refractivity contribution in [1.82, 2.24) is 15.1 Å². The molecule has 0 saturated carbocycles. The molecule has 0 aliphatic carbocycles. The van der Waals surface area contributed by atoms with Crippen molar-refractivity contribution < 1.29 is 0 Å². The summed E-state index contributed by atoms with van der Waals surface area (Å²) in [7, 11) is 2.02. The summed E-state index contributed by atoms with van der Waals surface area (Å²) in [4.78, 5) is 0. The normalized spacial score (nSPS) is 13.1. The van der Waals surface area contributed by atoms with Crippen LogP contribution in [0, 0.1) is 0 Å². The van der Waals surface area contributed by atoms with Gasteiger partial charge in [0.05, 0.1) is 6.20 Å². The Morgan fingerprint density at radius 3 is 2.79 bits per heavy atom. The Hall–Kier alpha value is -0.830. The number of hydrogen-bond donors (Lipinski definition) is 1. The minimum absolute atomic E-state index is 0.468. The molecule has 0 fully saturated rings. The number of aromatic nitrogens is 2. The number of nitrogens with one attached hydrogen (secondary N) is 1. The molecule has 1 atom stereocenters. The maximum atomic E-state index is 4.29. The van der Waals surface area contributed by atoms with Gasteiger partial charge in [-0.2, -0.15) is 5.10 Å². The molecule has 0 saturated heterocycles. The largest absolute Gasteiger partial charge is 0.313 e. The molecule has 14 heavy (non-hydrogen) atoms. The standard InChI is InChI=1S/C11H21N3/c1-4-6-7-11(12-3)10-8-13-14(5-2)9-10/h8-9,11-12H,4-7H2,1-3H3. The molecule has 0 amide bonds. The van der Waals surface area contributed by atoms with Crippen molar-refractivity contribution in [3.8, 4) is 0 Å². The Labute approximate surface area is 86.5 Å². The molecule has 0 aliphatic heterocycles. The van der Waals surface area contributed by atoms with E-state index in [1.165, 1.54) is 24.8 Å². The van der Waals surface area contributed by atoms with Gasteiger partial charge in [0.2, 0.25) is 0 Å². The lowest BCUT2D eigenvalue weighted by Gasteiger charge is -2.13. The number of hydrogen-bond acceptors (Lipinski definition) is 2. The van der Waals surface area contributed by atoms with Crippen molar-refractivity contribution in [2.45, 2.75) is 45.7 Å². The van der Waals surface area contributed by atoms with Crippen LogP contribution >= 0.6 is 0 Å². The highest BCUT2D eigenvalue weighted by Gasteiger charge is 2.09. The zero-order valence-electron chi connectivity index (χ0n) is 9.45. The van der Waals surface area contributed by atoms with Crippen LogP contribution in [0.4, 0.5) is 0 Å².